The van der Waals surface area contributed by atoms with Gasteiger partial charge in [0.05, 0.1) is 30.4 Å². The highest BCUT2D eigenvalue weighted by atomic mass is 16.3. The largest absolute Gasteiger partial charge is 0.508 e. The molecule has 3 fully saturated rings. The molecule has 2 atom stereocenters. The van der Waals surface area contributed by atoms with Gasteiger partial charge >= 0.3 is 6.03 Å². The number of piperidine rings is 1. The summed E-state index contributed by atoms with van der Waals surface area (Å²) in [5.74, 6) is 0.444. The molecule has 3 aromatic heterocycles. The summed E-state index contributed by atoms with van der Waals surface area (Å²) >= 11 is 0. The van der Waals surface area contributed by atoms with Gasteiger partial charge in [0.2, 0.25) is 11.8 Å². The number of hydrogen-bond acceptors (Lipinski definition) is 8. The third kappa shape index (κ3) is 7.82. The van der Waals surface area contributed by atoms with E-state index in [1.807, 2.05) is 89.4 Å². The van der Waals surface area contributed by atoms with Crippen LogP contribution < -0.4 is 5.32 Å². The fourth-order valence-corrected chi connectivity index (χ4v) is 9.27. The van der Waals surface area contributed by atoms with Crippen molar-refractivity contribution >= 4 is 34.7 Å². The van der Waals surface area contributed by atoms with Crippen LogP contribution in [0.25, 0.3) is 22.4 Å². The van der Waals surface area contributed by atoms with Crippen LogP contribution in [0.2, 0.25) is 0 Å². The third-order valence-electron chi connectivity index (χ3n) is 12.3. The SMILES string of the molecule is C=CCN1CC(=O)N2[C@@H](Cc3ccc(O)cc3)C(=O)N(Cc3cccc4c(C(=O)N5CCC(c6cc(-c7ccco7)n[nH]6)CC5)cn(C)c34)C[C@@H]2N1C(=O)NCc1ccccc1. The van der Waals surface area contributed by atoms with Crippen molar-refractivity contribution in [3.05, 3.63) is 144 Å². The maximum atomic E-state index is 14.8. The summed E-state index contributed by atoms with van der Waals surface area (Å²) < 4.78 is 7.46. The molecule has 3 N–H and O–H groups in total. The van der Waals surface area contributed by atoms with E-state index in [1.165, 1.54) is 0 Å². The molecule has 3 aromatic carbocycles. The summed E-state index contributed by atoms with van der Waals surface area (Å²) in [6.07, 6.45) is 6.06. The van der Waals surface area contributed by atoms with Crippen LogP contribution in [0, 0.1) is 0 Å². The molecule has 0 bridgehead atoms. The molecule has 0 aliphatic carbocycles. The van der Waals surface area contributed by atoms with E-state index in [0.29, 0.717) is 24.4 Å². The van der Waals surface area contributed by atoms with Crippen molar-refractivity contribution < 1.29 is 28.7 Å². The van der Waals surface area contributed by atoms with Crippen molar-refractivity contribution in [2.75, 3.05) is 32.7 Å². The van der Waals surface area contributed by atoms with Gasteiger partial charge in [-0.2, -0.15) is 5.10 Å². The average Bonchev–Trinajstić information content (AvgIpc) is 4.07. The van der Waals surface area contributed by atoms with Crippen LogP contribution in [0.15, 0.2) is 121 Å². The zero-order valence-corrected chi connectivity index (χ0v) is 34.5. The van der Waals surface area contributed by atoms with Gasteiger partial charge in [-0.05, 0) is 59.9 Å². The molecule has 15 nitrogen and oxygen atoms in total. The first-order valence-corrected chi connectivity index (χ1v) is 21.0. The second-order valence-corrected chi connectivity index (χ2v) is 16.2. The fourth-order valence-electron chi connectivity index (χ4n) is 9.27. The van der Waals surface area contributed by atoms with E-state index in [9.17, 15) is 24.3 Å². The second-order valence-electron chi connectivity index (χ2n) is 16.2. The molecule has 6 heterocycles. The lowest BCUT2D eigenvalue weighted by Gasteiger charge is -2.55. The minimum absolute atomic E-state index is 0.0456. The first kappa shape index (κ1) is 40.3. The molecule has 3 aliphatic heterocycles. The smallest absolute Gasteiger partial charge is 0.334 e. The number of carbonyl (C=O) groups is 4. The van der Waals surface area contributed by atoms with Crippen LogP contribution in [0.3, 0.4) is 0 Å². The molecule has 318 valence electrons. The standard InChI is InChI=1S/C47H49N9O6/c1-3-20-54-30-43(58)55-40(24-31-14-16-35(57)17-15-31)46(60)53(29-42(55)56(54)47(61)48-26-32-9-5-4-6-10-32)27-34-11-7-12-36-37(28-51(2)44(34)36)45(59)52-21-18-33(19-22-52)38-25-39(50-49-38)41-13-8-23-62-41/h3-17,23,25,28,33,40,42,57H,1,18-22,24,26-27,29-30H2,2H3,(H,48,61)(H,49,50)/t40-,42-/m0/s1. The van der Waals surface area contributed by atoms with Crippen molar-refractivity contribution in [2.24, 2.45) is 7.05 Å². The number of aromatic amines is 1. The Bertz CT molecular complexity index is 2590. The highest BCUT2D eigenvalue weighted by Gasteiger charge is 2.51. The quantitative estimate of drug-likeness (QED) is 0.142. The number of para-hydroxylation sites is 1. The first-order valence-electron chi connectivity index (χ1n) is 21.0. The normalized spacial score (nSPS) is 18.7. The minimum Gasteiger partial charge on any atom is -0.508 e. The summed E-state index contributed by atoms with van der Waals surface area (Å²) in [6, 6.07) is 26.4. The molecular weight excluding hydrogens is 787 g/mol. The van der Waals surface area contributed by atoms with Gasteiger partial charge in [0.1, 0.15) is 23.7 Å². The van der Waals surface area contributed by atoms with Gasteiger partial charge in [-0.25, -0.2) is 14.8 Å². The number of carbonyl (C=O) groups excluding carboxylic acids is 4. The Kier molecular flexibility index (Phi) is 11.1. The Morgan fingerprint density at radius 1 is 0.984 bits per heavy atom. The molecule has 9 rings (SSSR count). The number of hydrazine groups is 1. The van der Waals surface area contributed by atoms with E-state index in [0.717, 1.165) is 51.8 Å². The van der Waals surface area contributed by atoms with Crippen LogP contribution in [-0.2, 0) is 36.1 Å². The van der Waals surface area contributed by atoms with E-state index in [2.05, 4.69) is 22.1 Å². The van der Waals surface area contributed by atoms with Gasteiger partial charge in [0.15, 0.2) is 5.76 Å². The third-order valence-corrected chi connectivity index (χ3v) is 12.3. The summed E-state index contributed by atoms with van der Waals surface area (Å²) in [6.45, 7) is 5.68. The summed E-state index contributed by atoms with van der Waals surface area (Å²) in [4.78, 5) is 62.6. The Labute approximate surface area is 358 Å². The number of fused-ring (bicyclic) bond motifs is 2. The van der Waals surface area contributed by atoms with E-state index in [-0.39, 0.29) is 68.5 Å². The topological polar surface area (TPSA) is 163 Å². The Balaban J connectivity index is 0.984. The number of benzene rings is 3. The molecule has 0 spiro atoms. The van der Waals surface area contributed by atoms with Gasteiger partial charge in [0, 0.05) is 69.4 Å². The summed E-state index contributed by atoms with van der Waals surface area (Å²) in [7, 11) is 1.91. The average molecular weight is 836 g/mol. The predicted octanol–water partition coefficient (Wildman–Crippen LogP) is 5.62. The van der Waals surface area contributed by atoms with E-state index >= 15 is 0 Å². The number of nitrogens with zero attached hydrogens (tertiary/aromatic N) is 7. The van der Waals surface area contributed by atoms with Crippen LogP contribution >= 0.6 is 0 Å². The van der Waals surface area contributed by atoms with Crippen LogP contribution in [-0.4, -0.2) is 113 Å². The molecule has 3 saturated heterocycles. The number of urea groups is 1. The number of aryl methyl sites for hydroxylation is 1. The maximum absolute atomic E-state index is 14.8. The fraction of sp³-hybridized carbons (Fsp3) is 0.298. The second kappa shape index (κ2) is 17.1. The highest BCUT2D eigenvalue weighted by molar-refractivity contribution is 6.07. The molecule has 3 aliphatic rings. The first-order chi connectivity index (χ1) is 30.2. The van der Waals surface area contributed by atoms with Crippen molar-refractivity contribution in [2.45, 2.75) is 50.5 Å². The highest BCUT2D eigenvalue weighted by Crippen LogP contribution is 2.34. The maximum Gasteiger partial charge on any atom is 0.334 e. The van der Waals surface area contributed by atoms with Gasteiger partial charge in [-0.15, -0.1) is 6.58 Å². The predicted molar refractivity (Wildman–Crippen MR) is 231 cm³/mol. The van der Waals surface area contributed by atoms with Crippen molar-refractivity contribution in [1.29, 1.82) is 0 Å². The number of nitrogens with one attached hydrogen (secondary N) is 2. The minimum atomic E-state index is -0.938. The van der Waals surface area contributed by atoms with Crippen LogP contribution in [0.4, 0.5) is 4.79 Å². The lowest BCUT2D eigenvalue weighted by molar-refractivity contribution is -0.189. The van der Waals surface area contributed by atoms with Crippen LogP contribution in [0.1, 0.15) is 51.5 Å². The van der Waals surface area contributed by atoms with E-state index in [4.69, 9.17) is 4.42 Å². The number of likely N-dealkylation sites (tertiary alicyclic amines) is 1. The van der Waals surface area contributed by atoms with E-state index in [1.54, 1.807) is 56.4 Å². The molecular formula is C47H49N9O6. The Morgan fingerprint density at radius 2 is 1.77 bits per heavy atom. The summed E-state index contributed by atoms with van der Waals surface area (Å²) in [5.41, 5.74) is 5.69. The van der Waals surface area contributed by atoms with Gasteiger partial charge in [0.25, 0.3) is 5.91 Å². The zero-order valence-electron chi connectivity index (χ0n) is 34.5. The van der Waals surface area contributed by atoms with Crippen molar-refractivity contribution in [3.8, 4) is 17.2 Å². The zero-order chi connectivity index (χ0) is 42.9. The molecule has 5 amide bonds. The molecule has 62 heavy (non-hydrogen) atoms. The van der Waals surface area contributed by atoms with Crippen LogP contribution in [0.5, 0.6) is 5.75 Å². The molecule has 0 radical (unpaired) electrons. The lowest BCUT2D eigenvalue weighted by atomic mass is 9.93. The van der Waals surface area contributed by atoms with Gasteiger partial charge < -0.3 is 34.1 Å². The van der Waals surface area contributed by atoms with Gasteiger partial charge in [-0.1, -0.05) is 66.7 Å². The molecule has 0 saturated carbocycles. The molecule has 6 aromatic rings. The van der Waals surface area contributed by atoms with Gasteiger partial charge in [-0.3, -0.25) is 19.5 Å². The number of phenolic OH excluding ortho intramolecular Hbond substituents is 1. The summed E-state index contributed by atoms with van der Waals surface area (Å²) in [5, 5.41) is 24.7. The molecule has 0 unspecified atom stereocenters. The molecule has 15 heteroatoms. The van der Waals surface area contributed by atoms with Crippen molar-refractivity contribution in [1.82, 2.24) is 44.8 Å². The number of aromatic nitrogens is 3. The monoisotopic (exact) mass is 835 g/mol. The van der Waals surface area contributed by atoms with E-state index < -0.39 is 18.2 Å². The number of aromatic hydroxyl groups is 1. The Morgan fingerprint density at radius 3 is 2.52 bits per heavy atom. The number of hydrogen-bond donors (Lipinski definition) is 3. The number of amides is 5. The van der Waals surface area contributed by atoms with Crippen molar-refractivity contribution in [3.63, 3.8) is 0 Å². The Hall–Kier alpha value is -7.13. The number of furan rings is 1. The number of phenols is 1. The lowest BCUT2D eigenvalue weighted by Crippen LogP contribution is -2.76. The number of rotatable bonds is 11. The number of piperazine rings is 1. The number of H-pyrrole nitrogens is 1.